The monoisotopic (exact) mass is 377 g/mol. The number of carbonyl (C=O) groups is 1. The van der Waals surface area contributed by atoms with Gasteiger partial charge in [-0.3, -0.25) is 14.0 Å². The zero-order valence-corrected chi connectivity index (χ0v) is 15.3. The van der Waals surface area contributed by atoms with E-state index in [0.29, 0.717) is 33.7 Å². The molecule has 27 heavy (non-hydrogen) atoms. The minimum atomic E-state index is -0.249. The SMILES string of the molecule is Cc1ccc(CNC(=O)c2ccc3nc4cc(Cl)ccc4c(=O)n3c2)cc1. The summed E-state index contributed by atoms with van der Waals surface area (Å²) in [6, 6.07) is 16.2. The normalized spacial score (nSPS) is 11.0. The summed E-state index contributed by atoms with van der Waals surface area (Å²) >= 11 is 5.98. The van der Waals surface area contributed by atoms with E-state index in [9.17, 15) is 9.59 Å². The Morgan fingerprint density at radius 3 is 2.67 bits per heavy atom. The van der Waals surface area contributed by atoms with Crippen LogP contribution in [0.3, 0.4) is 0 Å². The predicted molar refractivity (Wildman–Crippen MR) is 106 cm³/mol. The van der Waals surface area contributed by atoms with E-state index in [2.05, 4.69) is 10.3 Å². The second kappa shape index (κ2) is 6.85. The molecule has 4 rings (SSSR count). The molecule has 2 aromatic heterocycles. The standard InChI is InChI=1S/C21H16ClN3O2/c1-13-2-4-14(5-3-13)11-23-20(26)15-6-9-19-24-18-10-16(22)7-8-17(18)21(27)25(19)12-15/h2-10,12H,11H2,1H3,(H,23,26). The van der Waals surface area contributed by atoms with Crippen LogP contribution >= 0.6 is 11.6 Å². The zero-order chi connectivity index (χ0) is 19.0. The number of fused-ring (bicyclic) bond motifs is 2. The number of carbonyl (C=O) groups excluding carboxylic acids is 1. The summed E-state index contributed by atoms with van der Waals surface area (Å²) in [7, 11) is 0. The van der Waals surface area contributed by atoms with Crippen LogP contribution in [0, 0.1) is 6.92 Å². The molecule has 0 unspecified atom stereocenters. The Morgan fingerprint density at radius 1 is 1.11 bits per heavy atom. The fourth-order valence-corrected chi connectivity index (χ4v) is 3.07. The average molecular weight is 378 g/mol. The molecule has 0 bridgehead atoms. The highest BCUT2D eigenvalue weighted by Gasteiger charge is 2.10. The topological polar surface area (TPSA) is 63.5 Å². The van der Waals surface area contributed by atoms with E-state index in [1.54, 1.807) is 30.3 Å². The second-order valence-electron chi connectivity index (χ2n) is 6.39. The number of aromatic nitrogens is 2. The van der Waals surface area contributed by atoms with Crippen LogP contribution in [0.1, 0.15) is 21.5 Å². The molecule has 0 aliphatic carbocycles. The maximum Gasteiger partial charge on any atom is 0.265 e. The summed E-state index contributed by atoms with van der Waals surface area (Å²) in [6.45, 7) is 2.43. The maximum atomic E-state index is 12.7. The molecule has 0 radical (unpaired) electrons. The van der Waals surface area contributed by atoms with E-state index in [1.165, 1.54) is 16.2 Å². The summed E-state index contributed by atoms with van der Waals surface area (Å²) in [5.41, 5.74) is 3.33. The van der Waals surface area contributed by atoms with Gasteiger partial charge in [0.1, 0.15) is 5.65 Å². The number of aryl methyl sites for hydroxylation is 1. The molecule has 2 aromatic carbocycles. The van der Waals surface area contributed by atoms with Crippen LogP contribution in [0.5, 0.6) is 0 Å². The highest BCUT2D eigenvalue weighted by molar-refractivity contribution is 6.31. The Morgan fingerprint density at radius 2 is 1.89 bits per heavy atom. The highest BCUT2D eigenvalue weighted by atomic mass is 35.5. The smallest absolute Gasteiger partial charge is 0.265 e. The fourth-order valence-electron chi connectivity index (χ4n) is 2.90. The summed E-state index contributed by atoms with van der Waals surface area (Å²) in [6.07, 6.45) is 1.52. The van der Waals surface area contributed by atoms with Crippen molar-refractivity contribution in [2.45, 2.75) is 13.5 Å². The van der Waals surface area contributed by atoms with Crippen molar-refractivity contribution in [2.75, 3.05) is 0 Å². The van der Waals surface area contributed by atoms with Gasteiger partial charge in [0.15, 0.2) is 0 Å². The van der Waals surface area contributed by atoms with Crippen LogP contribution in [0.25, 0.3) is 16.6 Å². The molecule has 0 aliphatic heterocycles. The predicted octanol–water partition coefficient (Wildman–Crippen LogP) is 3.74. The van der Waals surface area contributed by atoms with Crippen LogP contribution < -0.4 is 10.9 Å². The van der Waals surface area contributed by atoms with Crippen molar-refractivity contribution < 1.29 is 4.79 Å². The molecular weight excluding hydrogens is 362 g/mol. The minimum Gasteiger partial charge on any atom is -0.348 e. The van der Waals surface area contributed by atoms with E-state index in [4.69, 9.17) is 11.6 Å². The molecule has 134 valence electrons. The number of nitrogens with zero attached hydrogens (tertiary/aromatic N) is 2. The summed E-state index contributed by atoms with van der Waals surface area (Å²) < 4.78 is 1.39. The average Bonchev–Trinajstić information content (AvgIpc) is 2.67. The Balaban J connectivity index is 1.66. The van der Waals surface area contributed by atoms with Gasteiger partial charge in [-0.25, -0.2) is 4.98 Å². The lowest BCUT2D eigenvalue weighted by molar-refractivity contribution is 0.0950. The Labute approximate surface area is 160 Å². The molecule has 5 nitrogen and oxygen atoms in total. The van der Waals surface area contributed by atoms with Crippen molar-refractivity contribution in [1.29, 1.82) is 0 Å². The van der Waals surface area contributed by atoms with Gasteiger partial charge in [0.2, 0.25) is 0 Å². The molecule has 1 amide bonds. The minimum absolute atomic E-state index is 0.236. The molecule has 1 N–H and O–H groups in total. The Kier molecular flexibility index (Phi) is 4.38. The lowest BCUT2D eigenvalue weighted by atomic mass is 10.1. The first-order valence-corrected chi connectivity index (χ1v) is 8.84. The number of hydrogen-bond donors (Lipinski definition) is 1. The van der Waals surface area contributed by atoms with Crippen LogP contribution in [0.2, 0.25) is 5.02 Å². The van der Waals surface area contributed by atoms with Crippen molar-refractivity contribution >= 4 is 34.1 Å². The van der Waals surface area contributed by atoms with E-state index < -0.39 is 0 Å². The third-order valence-electron chi connectivity index (χ3n) is 4.41. The van der Waals surface area contributed by atoms with E-state index in [-0.39, 0.29) is 11.5 Å². The summed E-state index contributed by atoms with van der Waals surface area (Å²) in [5, 5.41) is 3.84. The van der Waals surface area contributed by atoms with Crippen LogP contribution in [0.15, 0.2) is 65.6 Å². The molecule has 0 fully saturated rings. The lowest BCUT2D eigenvalue weighted by Gasteiger charge is -2.08. The van der Waals surface area contributed by atoms with Crippen LogP contribution in [-0.4, -0.2) is 15.3 Å². The lowest BCUT2D eigenvalue weighted by Crippen LogP contribution is -2.24. The molecule has 0 spiro atoms. The molecule has 0 aliphatic rings. The highest BCUT2D eigenvalue weighted by Crippen LogP contribution is 2.16. The van der Waals surface area contributed by atoms with Crippen molar-refractivity contribution in [2.24, 2.45) is 0 Å². The van der Waals surface area contributed by atoms with Gasteiger partial charge in [-0.05, 0) is 42.8 Å². The van der Waals surface area contributed by atoms with Crippen molar-refractivity contribution in [3.63, 3.8) is 0 Å². The Hall–Kier alpha value is -3.18. The van der Waals surface area contributed by atoms with Gasteiger partial charge in [-0.2, -0.15) is 0 Å². The first kappa shape index (κ1) is 17.2. The van der Waals surface area contributed by atoms with Gasteiger partial charge in [0.05, 0.1) is 16.5 Å². The molecular formula is C21H16ClN3O2. The molecule has 0 saturated carbocycles. The van der Waals surface area contributed by atoms with Crippen LogP contribution in [0.4, 0.5) is 0 Å². The number of pyridine rings is 1. The first-order valence-electron chi connectivity index (χ1n) is 8.47. The fraction of sp³-hybridized carbons (Fsp3) is 0.0952. The van der Waals surface area contributed by atoms with Crippen molar-refractivity contribution in [3.8, 4) is 0 Å². The number of halogens is 1. The molecule has 2 heterocycles. The molecule has 4 aromatic rings. The third kappa shape index (κ3) is 3.41. The van der Waals surface area contributed by atoms with Gasteiger partial charge >= 0.3 is 0 Å². The van der Waals surface area contributed by atoms with Crippen molar-refractivity contribution in [1.82, 2.24) is 14.7 Å². The Bertz CT molecular complexity index is 1230. The largest absolute Gasteiger partial charge is 0.348 e. The summed E-state index contributed by atoms with van der Waals surface area (Å²) in [4.78, 5) is 29.7. The number of benzene rings is 2. The quantitative estimate of drug-likeness (QED) is 0.553. The van der Waals surface area contributed by atoms with Gasteiger partial charge in [0, 0.05) is 17.8 Å². The van der Waals surface area contributed by atoms with Gasteiger partial charge in [-0.1, -0.05) is 41.4 Å². The zero-order valence-electron chi connectivity index (χ0n) is 14.6. The molecule has 0 saturated heterocycles. The number of nitrogens with one attached hydrogen (secondary N) is 1. The van der Waals surface area contributed by atoms with Crippen LogP contribution in [-0.2, 0) is 6.54 Å². The molecule has 0 atom stereocenters. The third-order valence-corrected chi connectivity index (χ3v) is 4.64. The van der Waals surface area contributed by atoms with Crippen molar-refractivity contribution in [3.05, 3.63) is 92.9 Å². The van der Waals surface area contributed by atoms with E-state index >= 15 is 0 Å². The summed E-state index contributed by atoms with van der Waals surface area (Å²) in [5.74, 6) is -0.249. The molecule has 6 heteroatoms. The second-order valence-corrected chi connectivity index (χ2v) is 6.83. The maximum absolute atomic E-state index is 12.7. The van der Waals surface area contributed by atoms with Gasteiger partial charge in [0.25, 0.3) is 11.5 Å². The van der Waals surface area contributed by atoms with E-state index in [1.807, 2.05) is 31.2 Å². The van der Waals surface area contributed by atoms with Gasteiger partial charge < -0.3 is 5.32 Å². The first-order chi connectivity index (χ1) is 13.0. The van der Waals surface area contributed by atoms with Gasteiger partial charge in [-0.15, -0.1) is 0 Å². The number of amides is 1. The number of hydrogen-bond acceptors (Lipinski definition) is 3. The number of rotatable bonds is 3. The van der Waals surface area contributed by atoms with E-state index in [0.717, 1.165) is 5.56 Å².